The van der Waals surface area contributed by atoms with Crippen LogP contribution in [0.15, 0.2) is 30.3 Å². The van der Waals surface area contributed by atoms with Crippen molar-refractivity contribution < 1.29 is 5.11 Å². The predicted molar refractivity (Wildman–Crippen MR) is 86.9 cm³/mol. The number of hydrogen-bond donors (Lipinski definition) is 1. The first-order chi connectivity index (χ1) is 10.1. The quantitative estimate of drug-likeness (QED) is 0.940. The topological polar surface area (TPSA) is 49.2 Å². The van der Waals surface area contributed by atoms with E-state index in [1.54, 1.807) is 12.1 Å². The summed E-state index contributed by atoms with van der Waals surface area (Å²) < 4.78 is 4.42. The SMILES string of the molecule is CC(C)c1nsc(N2CC=C(c3ccc(O)cc3)CC2)n1. The summed E-state index contributed by atoms with van der Waals surface area (Å²) in [4.78, 5) is 6.89. The highest BCUT2D eigenvalue weighted by Gasteiger charge is 2.17. The molecule has 2 aromatic rings. The third kappa shape index (κ3) is 3.08. The molecule has 0 bridgehead atoms. The number of phenolic OH excluding ortho intramolecular Hbond substituents is 1. The molecule has 0 saturated heterocycles. The van der Waals surface area contributed by atoms with Crippen LogP contribution in [0.1, 0.15) is 37.6 Å². The summed E-state index contributed by atoms with van der Waals surface area (Å²) in [6.45, 7) is 6.05. The van der Waals surface area contributed by atoms with Gasteiger partial charge in [0.2, 0.25) is 5.13 Å². The second-order valence-corrected chi connectivity index (χ2v) is 6.29. The Bertz CT molecular complexity index is 646. The maximum Gasteiger partial charge on any atom is 0.205 e. The summed E-state index contributed by atoms with van der Waals surface area (Å²) in [6.07, 6.45) is 3.23. The van der Waals surface area contributed by atoms with Crippen LogP contribution in [0.5, 0.6) is 5.75 Å². The molecule has 1 aromatic heterocycles. The monoisotopic (exact) mass is 301 g/mol. The third-order valence-corrected chi connectivity index (χ3v) is 4.46. The van der Waals surface area contributed by atoms with Gasteiger partial charge in [-0.05, 0) is 29.7 Å². The van der Waals surface area contributed by atoms with E-state index in [1.807, 2.05) is 12.1 Å². The van der Waals surface area contributed by atoms with Crippen molar-refractivity contribution in [1.82, 2.24) is 9.36 Å². The van der Waals surface area contributed by atoms with Gasteiger partial charge in [0.25, 0.3) is 0 Å². The Morgan fingerprint density at radius 1 is 1.24 bits per heavy atom. The molecule has 3 rings (SSSR count). The number of aromatic nitrogens is 2. The van der Waals surface area contributed by atoms with Gasteiger partial charge in [-0.2, -0.15) is 4.37 Å². The number of phenols is 1. The molecule has 1 N–H and O–H groups in total. The largest absolute Gasteiger partial charge is 0.508 e. The predicted octanol–water partition coefficient (Wildman–Crippen LogP) is 3.66. The zero-order valence-electron chi connectivity index (χ0n) is 12.3. The van der Waals surface area contributed by atoms with E-state index in [2.05, 4.69) is 34.2 Å². The summed E-state index contributed by atoms with van der Waals surface area (Å²) in [7, 11) is 0. The van der Waals surface area contributed by atoms with Crippen LogP contribution in [0.2, 0.25) is 0 Å². The van der Waals surface area contributed by atoms with Gasteiger partial charge in [-0.3, -0.25) is 0 Å². The van der Waals surface area contributed by atoms with E-state index < -0.39 is 0 Å². The van der Waals surface area contributed by atoms with Crippen molar-refractivity contribution in [1.29, 1.82) is 0 Å². The second kappa shape index (κ2) is 5.85. The molecule has 110 valence electrons. The van der Waals surface area contributed by atoms with Gasteiger partial charge in [-0.25, -0.2) is 4.98 Å². The summed E-state index contributed by atoms with van der Waals surface area (Å²) in [5.74, 6) is 1.62. The maximum atomic E-state index is 9.35. The molecule has 21 heavy (non-hydrogen) atoms. The van der Waals surface area contributed by atoms with E-state index in [0.29, 0.717) is 11.7 Å². The fraction of sp³-hybridized carbons (Fsp3) is 0.375. The van der Waals surface area contributed by atoms with E-state index in [-0.39, 0.29) is 0 Å². The van der Waals surface area contributed by atoms with Gasteiger partial charge in [0.1, 0.15) is 11.6 Å². The summed E-state index contributed by atoms with van der Waals surface area (Å²) in [6, 6.07) is 7.42. The molecule has 1 aromatic carbocycles. The molecule has 0 atom stereocenters. The van der Waals surface area contributed by atoms with Crippen molar-refractivity contribution in [2.24, 2.45) is 0 Å². The number of aromatic hydroxyl groups is 1. The summed E-state index contributed by atoms with van der Waals surface area (Å²) in [5.41, 5.74) is 2.52. The van der Waals surface area contributed by atoms with Crippen LogP contribution >= 0.6 is 11.5 Å². The standard InChI is InChI=1S/C16H19N3OS/c1-11(2)15-17-16(21-18-15)19-9-7-13(8-10-19)12-3-5-14(20)6-4-12/h3-7,11,20H,8-10H2,1-2H3. The van der Waals surface area contributed by atoms with Gasteiger partial charge in [-0.15, -0.1) is 0 Å². The van der Waals surface area contributed by atoms with Crippen LogP contribution in [0.25, 0.3) is 5.57 Å². The number of rotatable bonds is 3. The molecule has 0 fully saturated rings. The highest BCUT2D eigenvalue weighted by Crippen LogP contribution is 2.28. The molecule has 0 aliphatic carbocycles. The lowest BCUT2D eigenvalue weighted by molar-refractivity contribution is 0.475. The van der Waals surface area contributed by atoms with E-state index in [1.165, 1.54) is 22.7 Å². The van der Waals surface area contributed by atoms with Crippen molar-refractivity contribution in [2.45, 2.75) is 26.2 Å². The third-order valence-electron chi connectivity index (χ3n) is 3.67. The molecular weight excluding hydrogens is 282 g/mol. The van der Waals surface area contributed by atoms with E-state index in [9.17, 15) is 5.11 Å². The van der Waals surface area contributed by atoms with Crippen molar-refractivity contribution in [3.05, 3.63) is 41.7 Å². The first-order valence-electron chi connectivity index (χ1n) is 7.20. The number of nitrogens with zero attached hydrogens (tertiary/aromatic N) is 3. The fourth-order valence-corrected chi connectivity index (χ4v) is 3.21. The second-order valence-electron chi connectivity index (χ2n) is 5.56. The van der Waals surface area contributed by atoms with Crippen LogP contribution in [0, 0.1) is 0 Å². The zero-order valence-corrected chi connectivity index (χ0v) is 13.1. The number of benzene rings is 1. The Labute approximate surface area is 128 Å². The Balaban J connectivity index is 1.72. The molecule has 1 aliphatic rings. The molecule has 5 heteroatoms. The minimum absolute atomic E-state index is 0.312. The molecule has 0 amide bonds. The smallest absolute Gasteiger partial charge is 0.205 e. The highest BCUT2D eigenvalue weighted by molar-refractivity contribution is 7.09. The summed E-state index contributed by atoms with van der Waals surface area (Å²) >= 11 is 1.49. The lowest BCUT2D eigenvalue weighted by Crippen LogP contribution is -2.28. The van der Waals surface area contributed by atoms with Gasteiger partial charge in [0, 0.05) is 30.5 Å². The van der Waals surface area contributed by atoms with Crippen LogP contribution < -0.4 is 4.90 Å². The first-order valence-corrected chi connectivity index (χ1v) is 7.98. The summed E-state index contributed by atoms with van der Waals surface area (Å²) in [5, 5.41) is 10.4. The number of anilines is 1. The van der Waals surface area contributed by atoms with Crippen molar-refractivity contribution in [3.8, 4) is 5.75 Å². The molecule has 0 unspecified atom stereocenters. The molecule has 0 spiro atoms. The van der Waals surface area contributed by atoms with Crippen molar-refractivity contribution in [2.75, 3.05) is 18.0 Å². The maximum absolute atomic E-state index is 9.35. The molecule has 0 saturated carbocycles. The molecule has 0 radical (unpaired) electrons. The van der Waals surface area contributed by atoms with Crippen LogP contribution in [-0.4, -0.2) is 27.6 Å². The minimum Gasteiger partial charge on any atom is -0.508 e. The Morgan fingerprint density at radius 2 is 2.00 bits per heavy atom. The van der Waals surface area contributed by atoms with Crippen molar-refractivity contribution in [3.63, 3.8) is 0 Å². The molecular formula is C16H19N3OS. The van der Waals surface area contributed by atoms with Crippen molar-refractivity contribution >= 4 is 22.2 Å². The van der Waals surface area contributed by atoms with Gasteiger partial charge in [-0.1, -0.05) is 32.1 Å². The minimum atomic E-state index is 0.312. The van der Waals surface area contributed by atoms with Gasteiger partial charge < -0.3 is 10.0 Å². The highest BCUT2D eigenvalue weighted by atomic mass is 32.1. The first kappa shape index (κ1) is 14.1. The number of hydrogen-bond acceptors (Lipinski definition) is 5. The van der Waals surface area contributed by atoms with Crippen LogP contribution in [-0.2, 0) is 0 Å². The zero-order chi connectivity index (χ0) is 14.8. The fourth-order valence-electron chi connectivity index (χ4n) is 2.37. The Morgan fingerprint density at radius 3 is 2.57 bits per heavy atom. The molecule has 2 heterocycles. The van der Waals surface area contributed by atoms with E-state index in [4.69, 9.17) is 0 Å². The lowest BCUT2D eigenvalue weighted by Gasteiger charge is -2.25. The normalized spacial score (nSPS) is 15.4. The Kier molecular flexibility index (Phi) is 3.92. The Hall–Kier alpha value is -1.88. The molecule has 4 nitrogen and oxygen atoms in total. The van der Waals surface area contributed by atoms with Gasteiger partial charge >= 0.3 is 0 Å². The molecule has 1 aliphatic heterocycles. The average molecular weight is 301 g/mol. The van der Waals surface area contributed by atoms with Crippen LogP contribution in [0.3, 0.4) is 0 Å². The van der Waals surface area contributed by atoms with Gasteiger partial charge in [0.05, 0.1) is 0 Å². The van der Waals surface area contributed by atoms with Crippen LogP contribution in [0.4, 0.5) is 5.13 Å². The average Bonchev–Trinajstić information content (AvgIpc) is 2.98. The van der Waals surface area contributed by atoms with E-state index >= 15 is 0 Å². The van der Waals surface area contributed by atoms with E-state index in [0.717, 1.165) is 30.5 Å². The van der Waals surface area contributed by atoms with Gasteiger partial charge in [0.15, 0.2) is 0 Å². The lowest BCUT2D eigenvalue weighted by atomic mass is 10.00.